The zero-order chi connectivity index (χ0) is 12.8. The fourth-order valence-electron chi connectivity index (χ4n) is 1.78. The lowest BCUT2D eigenvalue weighted by Crippen LogP contribution is -2.47. The van der Waals surface area contributed by atoms with Crippen molar-refractivity contribution < 1.29 is 19.5 Å². The van der Waals surface area contributed by atoms with Gasteiger partial charge in [0.15, 0.2) is 0 Å². The molecule has 1 aliphatic rings. The van der Waals surface area contributed by atoms with Crippen LogP contribution in [-0.2, 0) is 14.4 Å². The van der Waals surface area contributed by atoms with Crippen molar-refractivity contribution in [3.8, 4) is 0 Å². The highest BCUT2D eigenvalue weighted by molar-refractivity contribution is 5.88. The molecule has 1 unspecified atom stereocenters. The van der Waals surface area contributed by atoms with Crippen LogP contribution in [0.1, 0.15) is 32.6 Å². The second kappa shape index (κ2) is 6.22. The van der Waals surface area contributed by atoms with E-state index in [1.54, 1.807) is 6.92 Å². The van der Waals surface area contributed by atoms with Gasteiger partial charge in [0, 0.05) is 13.0 Å². The molecular weight excluding hydrogens is 224 g/mol. The molecular formula is C11H18N2O4. The van der Waals surface area contributed by atoms with E-state index in [4.69, 9.17) is 5.11 Å². The highest BCUT2D eigenvalue weighted by Crippen LogP contribution is 2.09. The first-order valence-corrected chi connectivity index (χ1v) is 5.84. The quantitative estimate of drug-likeness (QED) is 0.709. The summed E-state index contributed by atoms with van der Waals surface area (Å²) in [4.78, 5) is 35.2. The Bertz CT molecular complexity index is 317. The normalized spacial score (nSPS) is 17.7. The first-order chi connectivity index (χ1) is 8.04. The van der Waals surface area contributed by atoms with Crippen molar-refractivity contribution in [2.45, 2.75) is 38.6 Å². The van der Waals surface area contributed by atoms with Crippen molar-refractivity contribution >= 4 is 17.8 Å². The first-order valence-electron chi connectivity index (χ1n) is 5.84. The highest BCUT2D eigenvalue weighted by atomic mass is 16.4. The molecule has 0 saturated carbocycles. The molecule has 6 heteroatoms. The third kappa shape index (κ3) is 4.05. The molecule has 0 aromatic rings. The van der Waals surface area contributed by atoms with Gasteiger partial charge in [0.1, 0.15) is 6.04 Å². The number of hydrogen-bond acceptors (Lipinski definition) is 3. The Morgan fingerprint density at radius 3 is 2.71 bits per heavy atom. The molecule has 1 saturated heterocycles. The summed E-state index contributed by atoms with van der Waals surface area (Å²) in [6, 6.07) is -0.873. The second-order valence-electron chi connectivity index (χ2n) is 4.14. The van der Waals surface area contributed by atoms with E-state index in [9.17, 15) is 14.4 Å². The molecule has 0 aromatic carbocycles. The lowest BCUT2D eigenvalue weighted by Gasteiger charge is -2.26. The molecule has 1 fully saturated rings. The maximum absolute atomic E-state index is 11.6. The topological polar surface area (TPSA) is 86.7 Å². The van der Waals surface area contributed by atoms with Crippen molar-refractivity contribution in [3.05, 3.63) is 0 Å². The lowest BCUT2D eigenvalue weighted by atomic mass is 10.1. The van der Waals surface area contributed by atoms with Crippen molar-refractivity contribution in [1.82, 2.24) is 10.2 Å². The van der Waals surface area contributed by atoms with E-state index in [0.717, 1.165) is 12.8 Å². The summed E-state index contributed by atoms with van der Waals surface area (Å²) < 4.78 is 0. The van der Waals surface area contributed by atoms with Gasteiger partial charge in [-0.25, -0.2) is 4.79 Å². The van der Waals surface area contributed by atoms with Gasteiger partial charge in [0.25, 0.3) is 0 Å². The van der Waals surface area contributed by atoms with E-state index in [0.29, 0.717) is 19.4 Å². The average Bonchev–Trinajstić information content (AvgIpc) is 2.28. The van der Waals surface area contributed by atoms with Crippen molar-refractivity contribution in [3.63, 3.8) is 0 Å². The number of hydrogen-bond donors (Lipinski definition) is 2. The Morgan fingerprint density at radius 2 is 2.18 bits per heavy atom. The number of carboxylic acid groups (broad SMARTS) is 1. The molecule has 96 valence electrons. The van der Waals surface area contributed by atoms with E-state index in [1.165, 1.54) is 4.90 Å². The number of nitrogens with zero attached hydrogens (tertiary/aromatic N) is 1. The number of rotatable bonds is 5. The smallest absolute Gasteiger partial charge is 0.326 e. The molecule has 17 heavy (non-hydrogen) atoms. The number of nitrogens with one attached hydrogen (secondary N) is 1. The Hall–Kier alpha value is -1.59. The average molecular weight is 242 g/mol. The van der Waals surface area contributed by atoms with Crippen LogP contribution in [0.25, 0.3) is 0 Å². The van der Waals surface area contributed by atoms with E-state index >= 15 is 0 Å². The molecule has 2 N–H and O–H groups in total. The van der Waals surface area contributed by atoms with Crippen LogP contribution in [0, 0.1) is 0 Å². The van der Waals surface area contributed by atoms with E-state index < -0.39 is 17.9 Å². The molecule has 0 aromatic heterocycles. The molecule has 2 amide bonds. The summed E-state index contributed by atoms with van der Waals surface area (Å²) in [5, 5.41) is 11.2. The fourth-order valence-corrected chi connectivity index (χ4v) is 1.78. The van der Waals surface area contributed by atoms with Crippen LogP contribution in [0.3, 0.4) is 0 Å². The molecule has 0 bridgehead atoms. The van der Waals surface area contributed by atoms with Gasteiger partial charge in [-0.3, -0.25) is 9.59 Å². The van der Waals surface area contributed by atoms with Crippen LogP contribution in [-0.4, -0.2) is 46.9 Å². The molecule has 1 heterocycles. The summed E-state index contributed by atoms with van der Waals surface area (Å²) >= 11 is 0. The molecule has 0 aliphatic carbocycles. The lowest BCUT2D eigenvalue weighted by molar-refractivity contribution is -0.143. The number of likely N-dealkylation sites (tertiary alicyclic amines) is 1. The zero-order valence-electron chi connectivity index (χ0n) is 9.94. The molecule has 6 nitrogen and oxygen atoms in total. The van der Waals surface area contributed by atoms with Gasteiger partial charge in [-0.1, -0.05) is 6.92 Å². The van der Waals surface area contributed by atoms with E-state index in [1.807, 2.05) is 0 Å². The monoisotopic (exact) mass is 242 g/mol. The number of carbonyl (C=O) groups excluding carboxylic acids is 2. The first kappa shape index (κ1) is 13.5. The molecule has 1 aliphatic heterocycles. The Labute approximate surface area is 100.0 Å². The Kier molecular flexibility index (Phi) is 4.93. The summed E-state index contributed by atoms with van der Waals surface area (Å²) in [6.07, 6.45) is 2.57. The summed E-state index contributed by atoms with van der Waals surface area (Å²) in [6.45, 7) is 2.23. The summed E-state index contributed by atoms with van der Waals surface area (Å²) in [5.41, 5.74) is 0. The van der Waals surface area contributed by atoms with Gasteiger partial charge < -0.3 is 15.3 Å². The number of amides is 2. The summed E-state index contributed by atoms with van der Waals surface area (Å²) in [7, 11) is 0. The van der Waals surface area contributed by atoms with Crippen LogP contribution in [0.15, 0.2) is 0 Å². The van der Waals surface area contributed by atoms with Gasteiger partial charge in [-0.15, -0.1) is 0 Å². The van der Waals surface area contributed by atoms with Crippen molar-refractivity contribution in [2.75, 3.05) is 13.1 Å². The van der Waals surface area contributed by atoms with Crippen LogP contribution in [0.5, 0.6) is 0 Å². The SMILES string of the molecule is CCC(NC(=O)CN1CCCCC1=O)C(=O)O. The van der Waals surface area contributed by atoms with Gasteiger partial charge in [-0.05, 0) is 19.3 Å². The number of carboxylic acids is 1. The minimum atomic E-state index is -1.05. The highest BCUT2D eigenvalue weighted by Gasteiger charge is 2.23. The zero-order valence-corrected chi connectivity index (χ0v) is 9.94. The minimum Gasteiger partial charge on any atom is -0.480 e. The molecule has 1 atom stereocenters. The maximum Gasteiger partial charge on any atom is 0.326 e. The Morgan fingerprint density at radius 1 is 1.47 bits per heavy atom. The fraction of sp³-hybridized carbons (Fsp3) is 0.727. The third-order valence-electron chi connectivity index (χ3n) is 2.80. The van der Waals surface area contributed by atoms with E-state index in [-0.39, 0.29) is 12.5 Å². The molecule has 0 radical (unpaired) electrons. The molecule has 0 spiro atoms. The van der Waals surface area contributed by atoms with Gasteiger partial charge >= 0.3 is 5.97 Å². The van der Waals surface area contributed by atoms with Crippen LogP contribution < -0.4 is 5.32 Å². The van der Waals surface area contributed by atoms with Crippen molar-refractivity contribution in [1.29, 1.82) is 0 Å². The standard InChI is InChI=1S/C11H18N2O4/c1-2-8(11(16)17)12-9(14)7-13-6-4-3-5-10(13)15/h8H,2-7H2,1H3,(H,12,14)(H,16,17). The predicted octanol–water partition coefficient (Wildman–Crippen LogP) is -0.0217. The van der Waals surface area contributed by atoms with Crippen molar-refractivity contribution in [2.24, 2.45) is 0 Å². The number of piperidine rings is 1. The maximum atomic E-state index is 11.6. The summed E-state index contributed by atoms with van der Waals surface area (Å²) in [5.74, 6) is -1.49. The number of carbonyl (C=O) groups is 3. The van der Waals surface area contributed by atoms with E-state index in [2.05, 4.69) is 5.32 Å². The largest absolute Gasteiger partial charge is 0.480 e. The van der Waals surface area contributed by atoms with Gasteiger partial charge in [0.2, 0.25) is 11.8 Å². The third-order valence-corrected chi connectivity index (χ3v) is 2.80. The van der Waals surface area contributed by atoms with Gasteiger partial charge in [0.05, 0.1) is 6.54 Å². The predicted molar refractivity (Wildman–Crippen MR) is 60.3 cm³/mol. The second-order valence-corrected chi connectivity index (χ2v) is 4.14. The van der Waals surface area contributed by atoms with Crippen LogP contribution >= 0.6 is 0 Å². The minimum absolute atomic E-state index is 0.0326. The van der Waals surface area contributed by atoms with Crippen LogP contribution in [0.4, 0.5) is 0 Å². The molecule has 1 rings (SSSR count). The van der Waals surface area contributed by atoms with Crippen LogP contribution in [0.2, 0.25) is 0 Å². The Balaban J connectivity index is 2.42. The number of aliphatic carboxylic acids is 1. The van der Waals surface area contributed by atoms with Gasteiger partial charge in [-0.2, -0.15) is 0 Å².